The van der Waals surface area contributed by atoms with E-state index >= 15 is 8.78 Å². The standard InChI is InChI=1S/C26H28ClFN4O2.C23H23ClFN3O/c1-3-29-26(33)32-13-11-31(12-14-32)23-10-7-18(17-30-23)15-20-8-9-22(34-2)24(25(20)28)19-5-4-6-21(27)16-19;1-29-20-7-6-18(23(25)22(20)17-3-2-4-19(24)14-17)13-16-5-8-21(27-15-16)28-11-9-26-10-12-28/h4-10,16-17H,3,11-15H2,1-2H3,(H,29,33);2-8,14-15,26H,9-13H2,1H3. The number of benzene rings is 4. The third-order valence-corrected chi connectivity index (χ3v) is 11.6. The van der Waals surface area contributed by atoms with Crippen molar-refractivity contribution in [2.75, 3.05) is 82.9 Å². The van der Waals surface area contributed by atoms with Gasteiger partial charge in [-0.3, -0.25) is 0 Å². The quantitative estimate of drug-likeness (QED) is 0.133. The maximum atomic E-state index is 15.6. The Balaban J connectivity index is 0.000000191. The van der Waals surface area contributed by atoms with Gasteiger partial charge in [0.25, 0.3) is 0 Å². The van der Waals surface area contributed by atoms with Crippen LogP contribution in [0.15, 0.2) is 109 Å². The average Bonchev–Trinajstić information content (AvgIpc) is 3.31. The van der Waals surface area contributed by atoms with Crippen LogP contribution in [0, 0.1) is 11.6 Å². The lowest BCUT2D eigenvalue weighted by molar-refractivity contribution is 0.195. The predicted molar refractivity (Wildman–Crippen MR) is 249 cm³/mol. The minimum atomic E-state index is -0.327. The molecule has 2 saturated heterocycles. The minimum Gasteiger partial charge on any atom is -0.496 e. The molecule has 0 bridgehead atoms. The largest absolute Gasteiger partial charge is 0.496 e. The van der Waals surface area contributed by atoms with E-state index in [1.54, 1.807) is 67.9 Å². The van der Waals surface area contributed by atoms with Crippen LogP contribution in [0.3, 0.4) is 0 Å². The van der Waals surface area contributed by atoms with E-state index in [2.05, 4.69) is 30.4 Å². The summed E-state index contributed by atoms with van der Waals surface area (Å²) in [6.07, 6.45) is 4.48. The van der Waals surface area contributed by atoms with Crippen LogP contribution < -0.4 is 29.9 Å². The maximum Gasteiger partial charge on any atom is 0.317 e. The zero-order chi connectivity index (χ0) is 44.3. The fourth-order valence-corrected chi connectivity index (χ4v) is 8.17. The summed E-state index contributed by atoms with van der Waals surface area (Å²) in [6, 6.07) is 29.3. The van der Waals surface area contributed by atoms with E-state index in [9.17, 15) is 4.79 Å². The van der Waals surface area contributed by atoms with Crippen LogP contribution in [-0.2, 0) is 12.8 Å². The molecule has 4 aromatic carbocycles. The third-order valence-electron chi connectivity index (χ3n) is 11.1. The molecule has 0 radical (unpaired) electrons. The van der Waals surface area contributed by atoms with E-state index in [0.29, 0.717) is 87.4 Å². The molecule has 0 saturated carbocycles. The molecule has 63 heavy (non-hydrogen) atoms. The topological polar surface area (TPSA) is 95.1 Å². The monoisotopic (exact) mass is 893 g/mol. The summed E-state index contributed by atoms with van der Waals surface area (Å²) in [6.45, 7) is 9.10. The molecule has 0 unspecified atom stereocenters. The highest BCUT2D eigenvalue weighted by atomic mass is 35.5. The van der Waals surface area contributed by atoms with E-state index in [1.165, 1.54) is 7.11 Å². The first kappa shape index (κ1) is 45.1. The van der Waals surface area contributed by atoms with Gasteiger partial charge in [0.05, 0.1) is 25.3 Å². The lowest BCUT2D eigenvalue weighted by Gasteiger charge is -2.35. The second-order valence-electron chi connectivity index (χ2n) is 15.2. The fourth-order valence-electron chi connectivity index (χ4n) is 7.79. The van der Waals surface area contributed by atoms with Crippen molar-refractivity contribution in [1.82, 2.24) is 25.5 Å². The predicted octanol–water partition coefficient (Wildman–Crippen LogP) is 9.54. The van der Waals surface area contributed by atoms with Crippen LogP contribution in [0.25, 0.3) is 22.3 Å². The van der Waals surface area contributed by atoms with E-state index in [4.69, 9.17) is 32.7 Å². The first-order chi connectivity index (χ1) is 30.6. The summed E-state index contributed by atoms with van der Waals surface area (Å²) in [5.41, 5.74) is 5.22. The summed E-state index contributed by atoms with van der Waals surface area (Å²) in [5, 5.41) is 7.27. The molecule has 2 fully saturated rings. The number of carbonyl (C=O) groups is 1. The summed E-state index contributed by atoms with van der Waals surface area (Å²) in [5.74, 6) is 2.15. The number of ether oxygens (including phenoxy) is 2. The lowest BCUT2D eigenvalue weighted by atomic mass is 9.97. The van der Waals surface area contributed by atoms with Gasteiger partial charge in [-0.15, -0.1) is 0 Å². The van der Waals surface area contributed by atoms with Gasteiger partial charge in [0.15, 0.2) is 0 Å². The van der Waals surface area contributed by atoms with Gasteiger partial charge in [-0.2, -0.15) is 0 Å². The highest BCUT2D eigenvalue weighted by molar-refractivity contribution is 6.31. The SMILES string of the molecule is CCNC(=O)N1CCN(c2ccc(Cc3ccc(OC)c(-c4cccc(Cl)c4)c3F)cn2)CC1.COc1ccc(Cc2ccc(N3CCNCC3)nc2)c(F)c1-c1cccc(Cl)c1. The Bertz CT molecular complexity index is 2480. The molecule has 10 nitrogen and oxygen atoms in total. The second-order valence-corrected chi connectivity index (χ2v) is 16.1. The highest BCUT2D eigenvalue weighted by Crippen LogP contribution is 2.38. The molecule has 8 rings (SSSR count). The van der Waals surface area contributed by atoms with Crippen molar-refractivity contribution in [3.63, 3.8) is 0 Å². The van der Waals surface area contributed by atoms with Gasteiger partial charge < -0.3 is 34.8 Å². The smallest absolute Gasteiger partial charge is 0.317 e. The molecule has 0 spiro atoms. The number of aromatic nitrogens is 2. The molecule has 14 heteroatoms. The van der Waals surface area contributed by atoms with Crippen LogP contribution in [0.4, 0.5) is 25.2 Å². The van der Waals surface area contributed by atoms with Crippen molar-refractivity contribution in [2.24, 2.45) is 0 Å². The van der Waals surface area contributed by atoms with Gasteiger partial charge in [-0.1, -0.05) is 71.7 Å². The number of hydrogen-bond acceptors (Lipinski definition) is 8. The normalized spacial score (nSPS) is 13.9. The van der Waals surface area contributed by atoms with Gasteiger partial charge in [0.2, 0.25) is 0 Å². The molecule has 0 atom stereocenters. The Morgan fingerprint density at radius 2 is 1.14 bits per heavy atom. The second kappa shape index (κ2) is 21.4. The number of halogens is 4. The Labute approximate surface area is 377 Å². The lowest BCUT2D eigenvalue weighted by Crippen LogP contribution is -2.52. The summed E-state index contributed by atoms with van der Waals surface area (Å²) < 4.78 is 41.8. The van der Waals surface area contributed by atoms with E-state index in [0.717, 1.165) is 62.0 Å². The maximum absolute atomic E-state index is 15.6. The van der Waals surface area contributed by atoms with Crippen molar-refractivity contribution >= 4 is 40.9 Å². The molecule has 2 amide bonds. The first-order valence-electron chi connectivity index (χ1n) is 21.0. The Hall–Kier alpha value is -5.95. The zero-order valence-electron chi connectivity index (χ0n) is 35.6. The number of pyridine rings is 2. The molecule has 6 aromatic rings. The Kier molecular flexibility index (Phi) is 15.3. The number of nitrogens with zero attached hydrogens (tertiary/aromatic N) is 5. The summed E-state index contributed by atoms with van der Waals surface area (Å²) >= 11 is 12.2. The van der Waals surface area contributed by atoms with Crippen molar-refractivity contribution < 1.29 is 23.0 Å². The molecule has 328 valence electrons. The van der Waals surface area contributed by atoms with Crippen LogP contribution in [-0.4, -0.2) is 94.0 Å². The molecule has 0 aliphatic carbocycles. The highest BCUT2D eigenvalue weighted by Gasteiger charge is 2.23. The van der Waals surface area contributed by atoms with Gasteiger partial charge in [0, 0.05) is 94.2 Å². The number of piperazine rings is 2. The van der Waals surface area contributed by atoms with Gasteiger partial charge >= 0.3 is 6.03 Å². The number of carbonyl (C=O) groups excluding carboxylic acids is 1. The molecular formula is C49H51Cl2F2N7O3. The Morgan fingerprint density at radius 3 is 1.56 bits per heavy atom. The van der Waals surface area contributed by atoms with Gasteiger partial charge in [-0.25, -0.2) is 23.5 Å². The zero-order valence-corrected chi connectivity index (χ0v) is 37.2. The van der Waals surface area contributed by atoms with Crippen LogP contribution in [0.5, 0.6) is 11.5 Å². The number of urea groups is 1. The number of nitrogens with one attached hydrogen (secondary N) is 2. The first-order valence-corrected chi connectivity index (χ1v) is 21.8. The van der Waals surface area contributed by atoms with E-state index < -0.39 is 0 Å². The fraction of sp³-hybridized carbons (Fsp3) is 0.286. The van der Waals surface area contributed by atoms with Gasteiger partial charge in [-0.05, 0) is 88.8 Å². The summed E-state index contributed by atoms with van der Waals surface area (Å²) in [7, 11) is 3.07. The molecular weight excluding hydrogens is 843 g/mol. The van der Waals surface area contributed by atoms with Gasteiger partial charge in [0.1, 0.15) is 34.8 Å². The van der Waals surface area contributed by atoms with Crippen LogP contribution >= 0.6 is 23.2 Å². The number of hydrogen-bond donors (Lipinski definition) is 2. The van der Waals surface area contributed by atoms with E-state index in [1.807, 2.05) is 60.5 Å². The molecule has 2 aromatic heterocycles. The van der Waals surface area contributed by atoms with Crippen LogP contribution in [0.2, 0.25) is 10.0 Å². The van der Waals surface area contributed by atoms with E-state index in [-0.39, 0.29) is 17.7 Å². The third kappa shape index (κ3) is 11.2. The Morgan fingerprint density at radius 1 is 0.667 bits per heavy atom. The summed E-state index contributed by atoms with van der Waals surface area (Å²) in [4.78, 5) is 27.4. The average molecular weight is 895 g/mol. The van der Waals surface area contributed by atoms with Crippen molar-refractivity contribution in [2.45, 2.75) is 19.8 Å². The molecule has 4 heterocycles. The minimum absolute atomic E-state index is 0.0240. The van der Waals surface area contributed by atoms with Crippen molar-refractivity contribution in [3.8, 4) is 33.8 Å². The molecule has 2 N–H and O–H groups in total. The molecule has 2 aliphatic heterocycles. The van der Waals surface area contributed by atoms with Crippen molar-refractivity contribution in [1.29, 1.82) is 0 Å². The number of amides is 2. The van der Waals surface area contributed by atoms with Crippen molar-refractivity contribution in [3.05, 3.63) is 153 Å². The number of rotatable bonds is 11. The van der Waals surface area contributed by atoms with Crippen LogP contribution in [0.1, 0.15) is 29.2 Å². The number of methoxy groups -OCH3 is 2. The number of anilines is 2. The molecule has 2 aliphatic rings.